The number of hydrogen-bond donors (Lipinski definition) is 1. The maximum atomic E-state index is 5.33. The summed E-state index contributed by atoms with van der Waals surface area (Å²) in [7, 11) is 2.05. The fourth-order valence-electron chi connectivity index (χ4n) is 2.21. The molecule has 2 aromatic heterocycles. The quantitative estimate of drug-likeness (QED) is 0.877. The molecular weight excluding hydrogens is 250 g/mol. The molecule has 0 radical (unpaired) electrons. The Labute approximate surface area is 119 Å². The number of nitrogens with one attached hydrogen (secondary N) is 1. The van der Waals surface area contributed by atoms with Crippen LogP contribution in [0.4, 0.5) is 5.82 Å². The maximum absolute atomic E-state index is 5.33. The van der Waals surface area contributed by atoms with Gasteiger partial charge in [0.25, 0.3) is 0 Å². The minimum atomic E-state index is 0.737. The second kappa shape index (κ2) is 5.67. The van der Waals surface area contributed by atoms with Crippen molar-refractivity contribution in [2.24, 2.45) is 0 Å². The van der Waals surface area contributed by atoms with E-state index in [1.54, 1.807) is 6.26 Å². The van der Waals surface area contributed by atoms with Crippen LogP contribution < -0.4 is 10.2 Å². The summed E-state index contributed by atoms with van der Waals surface area (Å²) in [6.07, 6.45) is 6.33. The van der Waals surface area contributed by atoms with Gasteiger partial charge in [0, 0.05) is 37.9 Å². The number of aryl methyl sites for hydroxylation is 1. The van der Waals surface area contributed by atoms with Crippen LogP contribution in [0.15, 0.2) is 35.1 Å². The molecular formula is C16H21N3O. The first-order valence-electron chi connectivity index (χ1n) is 7.15. The van der Waals surface area contributed by atoms with Crippen molar-refractivity contribution in [1.29, 1.82) is 0 Å². The molecule has 1 N–H and O–H groups in total. The van der Waals surface area contributed by atoms with Crippen molar-refractivity contribution < 1.29 is 4.42 Å². The molecule has 0 atom stereocenters. The Balaban J connectivity index is 1.59. The molecule has 4 nitrogen and oxygen atoms in total. The molecule has 0 aromatic carbocycles. The Morgan fingerprint density at radius 2 is 2.20 bits per heavy atom. The number of pyridine rings is 1. The number of aromatic nitrogens is 1. The second-order valence-corrected chi connectivity index (χ2v) is 5.54. The smallest absolute Gasteiger partial charge is 0.128 e. The lowest BCUT2D eigenvalue weighted by molar-refractivity contribution is 0.529. The fourth-order valence-corrected chi connectivity index (χ4v) is 2.21. The topological polar surface area (TPSA) is 41.3 Å². The second-order valence-electron chi connectivity index (χ2n) is 5.54. The zero-order valence-electron chi connectivity index (χ0n) is 12.1. The van der Waals surface area contributed by atoms with Crippen LogP contribution in [-0.2, 0) is 13.1 Å². The first-order valence-corrected chi connectivity index (χ1v) is 7.15. The number of anilines is 1. The predicted octanol–water partition coefficient (Wildman–Crippen LogP) is 2.87. The van der Waals surface area contributed by atoms with Crippen LogP contribution in [0.2, 0.25) is 0 Å². The van der Waals surface area contributed by atoms with Gasteiger partial charge >= 0.3 is 0 Å². The molecule has 1 saturated carbocycles. The van der Waals surface area contributed by atoms with Gasteiger partial charge in [0.1, 0.15) is 11.6 Å². The van der Waals surface area contributed by atoms with Gasteiger partial charge < -0.3 is 14.6 Å². The van der Waals surface area contributed by atoms with Crippen molar-refractivity contribution in [2.75, 3.05) is 11.9 Å². The first kappa shape index (κ1) is 13.2. The fraction of sp³-hybridized carbons (Fsp3) is 0.438. The third-order valence-corrected chi connectivity index (χ3v) is 3.75. The highest BCUT2D eigenvalue weighted by Crippen LogP contribution is 2.20. The van der Waals surface area contributed by atoms with E-state index in [1.807, 2.05) is 19.2 Å². The zero-order chi connectivity index (χ0) is 13.9. The maximum Gasteiger partial charge on any atom is 0.128 e. The normalized spacial score (nSPS) is 14.5. The summed E-state index contributed by atoms with van der Waals surface area (Å²) in [6.45, 7) is 3.72. The third kappa shape index (κ3) is 3.20. The van der Waals surface area contributed by atoms with E-state index >= 15 is 0 Å². The van der Waals surface area contributed by atoms with Crippen molar-refractivity contribution in [3.8, 4) is 0 Å². The molecule has 0 aliphatic heterocycles. The van der Waals surface area contributed by atoms with E-state index < -0.39 is 0 Å². The van der Waals surface area contributed by atoms with Gasteiger partial charge in [0.15, 0.2) is 0 Å². The monoisotopic (exact) mass is 271 g/mol. The SMILES string of the molecule is Cc1occc1CN(C)c1ccc(CNC2CC2)cn1. The van der Waals surface area contributed by atoms with Gasteiger partial charge in [-0.2, -0.15) is 0 Å². The van der Waals surface area contributed by atoms with E-state index in [4.69, 9.17) is 4.42 Å². The van der Waals surface area contributed by atoms with Gasteiger partial charge in [-0.3, -0.25) is 0 Å². The molecule has 0 spiro atoms. The molecule has 0 saturated heterocycles. The molecule has 0 amide bonds. The molecule has 3 rings (SSSR count). The van der Waals surface area contributed by atoms with Gasteiger partial charge in [-0.05, 0) is 37.5 Å². The van der Waals surface area contributed by atoms with Gasteiger partial charge in [-0.1, -0.05) is 6.07 Å². The molecule has 0 bridgehead atoms. The molecule has 20 heavy (non-hydrogen) atoms. The average Bonchev–Trinajstić information content (AvgIpc) is 3.21. The van der Waals surface area contributed by atoms with E-state index in [1.165, 1.54) is 24.0 Å². The number of nitrogens with zero attached hydrogens (tertiary/aromatic N) is 2. The summed E-state index contributed by atoms with van der Waals surface area (Å²) in [5.74, 6) is 1.96. The summed E-state index contributed by atoms with van der Waals surface area (Å²) in [6, 6.07) is 6.98. The van der Waals surface area contributed by atoms with Crippen molar-refractivity contribution in [3.63, 3.8) is 0 Å². The number of rotatable bonds is 6. The molecule has 106 valence electrons. The summed E-state index contributed by atoms with van der Waals surface area (Å²) in [5.41, 5.74) is 2.45. The van der Waals surface area contributed by atoms with Crippen LogP contribution in [0.3, 0.4) is 0 Å². The van der Waals surface area contributed by atoms with E-state index in [2.05, 4.69) is 34.4 Å². The highest BCUT2D eigenvalue weighted by molar-refractivity contribution is 5.39. The number of hydrogen-bond acceptors (Lipinski definition) is 4. The molecule has 2 aromatic rings. The molecule has 0 unspecified atom stereocenters. The summed E-state index contributed by atoms with van der Waals surface area (Å²) in [5, 5.41) is 3.50. The Morgan fingerprint density at radius 3 is 2.80 bits per heavy atom. The van der Waals surface area contributed by atoms with Crippen molar-refractivity contribution in [2.45, 2.75) is 38.9 Å². The summed E-state index contributed by atoms with van der Waals surface area (Å²) < 4.78 is 5.33. The average molecular weight is 271 g/mol. The molecule has 1 aliphatic rings. The van der Waals surface area contributed by atoms with Crippen LogP contribution in [0.25, 0.3) is 0 Å². The highest BCUT2D eigenvalue weighted by atomic mass is 16.3. The van der Waals surface area contributed by atoms with Crippen molar-refractivity contribution in [1.82, 2.24) is 10.3 Å². The zero-order valence-corrected chi connectivity index (χ0v) is 12.1. The molecule has 4 heteroatoms. The molecule has 2 heterocycles. The lowest BCUT2D eigenvalue weighted by Crippen LogP contribution is -2.18. The van der Waals surface area contributed by atoms with Gasteiger partial charge in [0.05, 0.1) is 6.26 Å². The van der Waals surface area contributed by atoms with E-state index in [0.29, 0.717) is 0 Å². The standard InChI is InChI=1S/C16H21N3O/c1-12-14(7-8-20-12)11-19(2)16-6-3-13(10-18-16)9-17-15-4-5-15/h3,6-8,10,15,17H,4-5,9,11H2,1-2H3. The van der Waals surface area contributed by atoms with E-state index in [9.17, 15) is 0 Å². The van der Waals surface area contributed by atoms with Crippen molar-refractivity contribution >= 4 is 5.82 Å². The summed E-state index contributed by atoms with van der Waals surface area (Å²) in [4.78, 5) is 6.68. The van der Waals surface area contributed by atoms with Crippen LogP contribution in [-0.4, -0.2) is 18.1 Å². The number of furan rings is 1. The van der Waals surface area contributed by atoms with Gasteiger partial charge in [-0.15, -0.1) is 0 Å². The third-order valence-electron chi connectivity index (χ3n) is 3.75. The van der Waals surface area contributed by atoms with Crippen molar-refractivity contribution in [3.05, 3.63) is 47.5 Å². The van der Waals surface area contributed by atoms with Gasteiger partial charge in [-0.25, -0.2) is 4.98 Å². The molecule has 1 fully saturated rings. The predicted molar refractivity (Wildman–Crippen MR) is 79.7 cm³/mol. The lowest BCUT2D eigenvalue weighted by Gasteiger charge is -2.18. The van der Waals surface area contributed by atoms with Crippen LogP contribution in [0, 0.1) is 6.92 Å². The van der Waals surface area contributed by atoms with Gasteiger partial charge in [0.2, 0.25) is 0 Å². The highest BCUT2D eigenvalue weighted by Gasteiger charge is 2.19. The Morgan fingerprint density at radius 1 is 1.35 bits per heavy atom. The Kier molecular flexibility index (Phi) is 3.74. The largest absolute Gasteiger partial charge is 0.469 e. The minimum Gasteiger partial charge on any atom is -0.469 e. The van der Waals surface area contributed by atoms with E-state index in [0.717, 1.165) is 30.7 Å². The Hall–Kier alpha value is -1.81. The minimum absolute atomic E-state index is 0.737. The first-order chi connectivity index (χ1) is 9.72. The van der Waals surface area contributed by atoms with Crippen LogP contribution in [0.5, 0.6) is 0 Å². The molecule has 1 aliphatic carbocycles. The van der Waals surface area contributed by atoms with Crippen LogP contribution >= 0.6 is 0 Å². The summed E-state index contributed by atoms with van der Waals surface area (Å²) >= 11 is 0. The van der Waals surface area contributed by atoms with E-state index in [-0.39, 0.29) is 0 Å². The van der Waals surface area contributed by atoms with Crippen LogP contribution in [0.1, 0.15) is 29.7 Å². The lowest BCUT2D eigenvalue weighted by atomic mass is 10.2. The Bertz CT molecular complexity index is 557.